The second-order valence-electron chi connectivity index (χ2n) is 7.53. The number of nitrogens with one attached hydrogen (secondary N) is 1. The number of rotatable bonds is 6. The van der Waals surface area contributed by atoms with Gasteiger partial charge in [0.25, 0.3) is 5.91 Å². The van der Waals surface area contributed by atoms with E-state index in [0.29, 0.717) is 18.0 Å². The van der Waals surface area contributed by atoms with Crippen LogP contribution in [0, 0.1) is 12.8 Å². The average Bonchev–Trinajstić information content (AvgIpc) is 3.27. The van der Waals surface area contributed by atoms with Crippen molar-refractivity contribution < 1.29 is 9.59 Å². The molecule has 0 aromatic carbocycles. The summed E-state index contributed by atoms with van der Waals surface area (Å²) in [5.41, 5.74) is 2.64. The Morgan fingerprint density at radius 2 is 2.21 bits per heavy atom. The van der Waals surface area contributed by atoms with Crippen LogP contribution in [-0.4, -0.2) is 45.1 Å². The first-order valence-corrected chi connectivity index (χ1v) is 10.7. The number of aromatic nitrogens is 3. The van der Waals surface area contributed by atoms with Crippen LogP contribution >= 0.6 is 11.3 Å². The Labute approximate surface area is 170 Å². The number of carbonyl (C=O) groups excluding carboxylic acids is 2. The summed E-state index contributed by atoms with van der Waals surface area (Å²) in [5.74, 6) is 0.299. The van der Waals surface area contributed by atoms with E-state index in [1.807, 2.05) is 25.6 Å². The smallest absolute Gasteiger partial charge is 0.257 e. The van der Waals surface area contributed by atoms with Gasteiger partial charge in [0.2, 0.25) is 5.91 Å². The van der Waals surface area contributed by atoms with Crippen molar-refractivity contribution in [2.24, 2.45) is 5.92 Å². The topological polar surface area (TPSA) is 80.1 Å². The summed E-state index contributed by atoms with van der Waals surface area (Å²) in [6.07, 6.45) is 4.30. The summed E-state index contributed by atoms with van der Waals surface area (Å²) in [6, 6.07) is -0.0420. The fraction of sp³-hybridized carbons (Fsp3) is 0.600. The minimum atomic E-state index is -0.0420. The number of aryl methyl sites for hydroxylation is 3. The molecular formula is C20H29N5O2S. The SMILES string of the molecule is CCc1nc(C)c([C@H](C)N(C)C(=O)c2cnn3c2C[C@@H](CNC(C)=O)CC3)s1. The number of hydrogen-bond acceptors (Lipinski definition) is 5. The zero-order chi connectivity index (χ0) is 20.4. The number of fused-ring (bicyclic) bond motifs is 1. The Kier molecular flexibility index (Phi) is 6.17. The largest absolute Gasteiger partial charge is 0.356 e. The number of amides is 2. The molecule has 2 aromatic rings. The van der Waals surface area contributed by atoms with Gasteiger partial charge in [0.1, 0.15) is 0 Å². The van der Waals surface area contributed by atoms with Crippen molar-refractivity contribution in [2.75, 3.05) is 13.6 Å². The minimum Gasteiger partial charge on any atom is -0.356 e. The van der Waals surface area contributed by atoms with E-state index in [0.717, 1.165) is 47.1 Å². The Balaban J connectivity index is 1.77. The number of thiazole rings is 1. The lowest BCUT2D eigenvalue weighted by Crippen LogP contribution is -2.34. The molecule has 1 N–H and O–H groups in total. The quantitative estimate of drug-likeness (QED) is 0.804. The standard InChI is InChI=1S/C20H29N5O2S/c1-6-18-23-12(2)19(28-18)13(3)24(5)20(27)16-11-22-25-8-7-15(9-17(16)25)10-21-14(4)26/h11,13,15H,6-10H2,1-5H3,(H,21,26)/t13-,15-/m0/s1. The highest BCUT2D eigenvalue weighted by Crippen LogP contribution is 2.31. The Morgan fingerprint density at radius 1 is 1.46 bits per heavy atom. The van der Waals surface area contributed by atoms with Crippen LogP contribution in [0.4, 0.5) is 0 Å². The van der Waals surface area contributed by atoms with Crippen LogP contribution in [0.5, 0.6) is 0 Å². The van der Waals surface area contributed by atoms with E-state index in [-0.39, 0.29) is 17.9 Å². The molecule has 0 aliphatic carbocycles. The number of carbonyl (C=O) groups is 2. The molecule has 0 radical (unpaired) electrons. The lowest BCUT2D eigenvalue weighted by molar-refractivity contribution is -0.119. The molecule has 0 bridgehead atoms. The van der Waals surface area contributed by atoms with E-state index in [1.165, 1.54) is 6.92 Å². The van der Waals surface area contributed by atoms with Crippen molar-refractivity contribution in [1.29, 1.82) is 0 Å². The van der Waals surface area contributed by atoms with Crippen LogP contribution in [-0.2, 0) is 24.2 Å². The van der Waals surface area contributed by atoms with Gasteiger partial charge in [-0.25, -0.2) is 4.98 Å². The maximum Gasteiger partial charge on any atom is 0.257 e. The fourth-order valence-corrected chi connectivity index (χ4v) is 4.79. The van der Waals surface area contributed by atoms with Crippen molar-refractivity contribution in [1.82, 2.24) is 25.0 Å². The molecule has 1 aliphatic rings. The molecule has 0 saturated carbocycles. The Morgan fingerprint density at radius 3 is 2.86 bits per heavy atom. The molecule has 2 atom stereocenters. The van der Waals surface area contributed by atoms with Gasteiger partial charge in [-0.3, -0.25) is 14.3 Å². The third-order valence-electron chi connectivity index (χ3n) is 5.51. The maximum absolute atomic E-state index is 13.2. The van der Waals surface area contributed by atoms with E-state index in [1.54, 1.807) is 22.4 Å². The lowest BCUT2D eigenvalue weighted by atomic mass is 9.94. The molecule has 1 aliphatic heterocycles. The number of hydrogen-bond donors (Lipinski definition) is 1. The summed E-state index contributed by atoms with van der Waals surface area (Å²) >= 11 is 1.68. The molecule has 2 amide bonds. The molecular weight excluding hydrogens is 374 g/mol. The molecule has 2 aromatic heterocycles. The third-order valence-corrected chi connectivity index (χ3v) is 6.98. The van der Waals surface area contributed by atoms with Crippen LogP contribution in [0.2, 0.25) is 0 Å². The van der Waals surface area contributed by atoms with Crippen LogP contribution in [0.15, 0.2) is 6.20 Å². The molecule has 7 nitrogen and oxygen atoms in total. The molecule has 0 spiro atoms. The zero-order valence-corrected chi connectivity index (χ0v) is 18.1. The molecule has 0 fully saturated rings. The number of nitrogens with zero attached hydrogens (tertiary/aromatic N) is 4. The summed E-state index contributed by atoms with van der Waals surface area (Å²) in [7, 11) is 1.85. The first kappa shape index (κ1) is 20.5. The second kappa shape index (κ2) is 8.43. The van der Waals surface area contributed by atoms with Crippen LogP contribution in [0.1, 0.15) is 64.9 Å². The third kappa shape index (κ3) is 4.11. The van der Waals surface area contributed by atoms with Gasteiger partial charge in [0.15, 0.2) is 0 Å². The van der Waals surface area contributed by atoms with Crippen molar-refractivity contribution in [3.63, 3.8) is 0 Å². The molecule has 3 heterocycles. The summed E-state index contributed by atoms with van der Waals surface area (Å²) in [5, 5.41) is 8.42. The highest BCUT2D eigenvalue weighted by molar-refractivity contribution is 7.11. The van der Waals surface area contributed by atoms with Gasteiger partial charge < -0.3 is 10.2 Å². The predicted molar refractivity (Wildman–Crippen MR) is 109 cm³/mol. The van der Waals surface area contributed by atoms with E-state index >= 15 is 0 Å². The normalized spacial score (nSPS) is 17.1. The molecule has 8 heteroatoms. The molecule has 0 saturated heterocycles. The monoisotopic (exact) mass is 403 g/mol. The lowest BCUT2D eigenvalue weighted by Gasteiger charge is -2.27. The van der Waals surface area contributed by atoms with Crippen molar-refractivity contribution in [3.8, 4) is 0 Å². The first-order chi connectivity index (χ1) is 13.3. The van der Waals surface area contributed by atoms with Crippen LogP contribution < -0.4 is 5.32 Å². The van der Waals surface area contributed by atoms with Gasteiger partial charge in [0, 0.05) is 31.9 Å². The van der Waals surface area contributed by atoms with Gasteiger partial charge in [-0.1, -0.05) is 6.92 Å². The van der Waals surface area contributed by atoms with Gasteiger partial charge in [0.05, 0.1) is 34.2 Å². The van der Waals surface area contributed by atoms with Crippen molar-refractivity contribution in [2.45, 2.75) is 59.5 Å². The summed E-state index contributed by atoms with van der Waals surface area (Å²) in [6.45, 7) is 9.10. The second-order valence-corrected chi connectivity index (χ2v) is 8.64. The highest BCUT2D eigenvalue weighted by Gasteiger charge is 2.29. The molecule has 152 valence electrons. The highest BCUT2D eigenvalue weighted by atomic mass is 32.1. The van der Waals surface area contributed by atoms with Gasteiger partial charge >= 0.3 is 0 Å². The van der Waals surface area contributed by atoms with Crippen molar-refractivity contribution in [3.05, 3.63) is 33.0 Å². The zero-order valence-electron chi connectivity index (χ0n) is 17.3. The fourth-order valence-electron chi connectivity index (χ4n) is 3.69. The van der Waals surface area contributed by atoms with Gasteiger partial charge in [-0.2, -0.15) is 5.10 Å². The van der Waals surface area contributed by atoms with Gasteiger partial charge in [-0.15, -0.1) is 11.3 Å². The van der Waals surface area contributed by atoms with Crippen LogP contribution in [0.25, 0.3) is 0 Å². The Hall–Kier alpha value is -2.22. The minimum absolute atomic E-state index is 0.0141. The van der Waals surface area contributed by atoms with E-state index in [9.17, 15) is 9.59 Å². The molecule has 0 unspecified atom stereocenters. The van der Waals surface area contributed by atoms with Crippen LogP contribution in [0.3, 0.4) is 0 Å². The average molecular weight is 404 g/mol. The van der Waals surface area contributed by atoms with E-state index in [2.05, 4.69) is 22.3 Å². The first-order valence-electron chi connectivity index (χ1n) is 9.84. The predicted octanol–water partition coefficient (Wildman–Crippen LogP) is 2.74. The maximum atomic E-state index is 13.2. The molecule has 3 rings (SSSR count). The molecule has 28 heavy (non-hydrogen) atoms. The Bertz CT molecular complexity index is 872. The van der Waals surface area contributed by atoms with Gasteiger partial charge in [-0.05, 0) is 39.0 Å². The van der Waals surface area contributed by atoms with Crippen molar-refractivity contribution >= 4 is 23.2 Å². The summed E-state index contributed by atoms with van der Waals surface area (Å²) in [4.78, 5) is 32.0. The van der Waals surface area contributed by atoms with E-state index < -0.39 is 0 Å². The summed E-state index contributed by atoms with van der Waals surface area (Å²) < 4.78 is 1.93. The van der Waals surface area contributed by atoms with E-state index in [4.69, 9.17) is 0 Å².